The van der Waals surface area contributed by atoms with E-state index in [2.05, 4.69) is 41.3 Å². The third kappa shape index (κ3) is 13.6. The van der Waals surface area contributed by atoms with Crippen LogP contribution in [-0.2, 0) is 35.1 Å². The SMILES string of the molecule is CCOc1cc(N=Nc2cccc(S(=O)(=O)[O-])c2)ccc1N=Nc1ccc(N=Nc2c(S(=O)(=O)[O-])cc3ccc(Nc4cccc(S(=O)(=O)[O-])c4)cc3c2O)cc1NC(C)=O.[Li+].[Li+].[Li+]. The molecule has 0 heterocycles. The average Bonchev–Trinajstić information content (AvgIpc) is 3.19. The summed E-state index contributed by atoms with van der Waals surface area (Å²) in [5.41, 5.74) is 0.665. The summed E-state index contributed by atoms with van der Waals surface area (Å²) in [7, 11) is -14.7. The van der Waals surface area contributed by atoms with Gasteiger partial charge in [-0.3, -0.25) is 4.79 Å². The number of nitrogens with one attached hydrogen (secondary N) is 2. The Kier molecular flexibility index (Phi) is 18.3. The van der Waals surface area contributed by atoms with Crippen LogP contribution < -0.4 is 72.0 Å². The van der Waals surface area contributed by atoms with Gasteiger partial charge in [0.2, 0.25) is 5.91 Å². The van der Waals surface area contributed by atoms with Crippen molar-refractivity contribution in [3.8, 4) is 11.5 Å². The van der Waals surface area contributed by atoms with Crippen LogP contribution in [0.1, 0.15) is 13.8 Å². The van der Waals surface area contributed by atoms with Crippen LogP contribution in [0, 0.1) is 0 Å². The molecule has 3 N–H and O–H groups in total. The number of phenolic OH excluding ortho intramolecular Hbond substituents is 1. The van der Waals surface area contributed by atoms with Gasteiger partial charge in [-0.25, -0.2) is 25.3 Å². The molecular formula is C38H29Li3N8O12S3. The second kappa shape index (κ2) is 22.1. The maximum absolute atomic E-state index is 12.3. The van der Waals surface area contributed by atoms with Gasteiger partial charge in [-0.2, -0.15) is 15.3 Å². The molecule has 0 atom stereocenters. The van der Waals surface area contributed by atoms with E-state index < -0.39 is 62.4 Å². The maximum atomic E-state index is 12.3. The molecule has 0 aliphatic rings. The van der Waals surface area contributed by atoms with Gasteiger partial charge in [0.15, 0.2) is 5.75 Å². The number of nitrogens with zero attached hydrogens (tertiary/aromatic N) is 6. The van der Waals surface area contributed by atoms with Gasteiger partial charge in [0.25, 0.3) is 0 Å². The van der Waals surface area contributed by atoms with Gasteiger partial charge in [-0.15, -0.1) is 15.3 Å². The number of hydrogen-bond donors (Lipinski definition) is 3. The first-order valence-electron chi connectivity index (χ1n) is 17.4. The Hall–Kier alpha value is -5.23. The minimum Gasteiger partial charge on any atom is -0.744 e. The van der Waals surface area contributed by atoms with Crippen LogP contribution in [-0.4, -0.2) is 56.5 Å². The molecule has 314 valence electrons. The van der Waals surface area contributed by atoms with E-state index in [1.807, 2.05) is 0 Å². The molecule has 6 rings (SSSR count). The van der Waals surface area contributed by atoms with Crippen LogP contribution in [0.2, 0.25) is 0 Å². The third-order valence-corrected chi connectivity index (χ3v) is 10.7. The molecule has 0 aromatic heterocycles. The van der Waals surface area contributed by atoms with Gasteiger partial charge in [0.1, 0.15) is 53.2 Å². The summed E-state index contributed by atoms with van der Waals surface area (Å²) in [6, 6.07) is 23.9. The number of ether oxygens (including phenoxy) is 1. The molecule has 0 spiro atoms. The fourth-order valence-corrected chi connectivity index (χ4v) is 7.19. The summed E-state index contributed by atoms with van der Waals surface area (Å²) in [5.74, 6) is -1.01. The zero-order valence-corrected chi connectivity index (χ0v) is 36.9. The molecule has 0 aliphatic heterocycles. The van der Waals surface area contributed by atoms with Crippen molar-refractivity contribution in [1.82, 2.24) is 0 Å². The Labute approximate surface area is 402 Å². The van der Waals surface area contributed by atoms with E-state index in [0.717, 1.165) is 30.3 Å². The van der Waals surface area contributed by atoms with E-state index in [0.29, 0.717) is 0 Å². The van der Waals surface area contributed by atoms with Crippen molar-refractivity contribution in [3.63, 3.8) is 0 Å². The van der Waals surface area contributed by atoms with Crippen molar-refractivity contribution in [2.24, 2.45) is 30.7 Å². The topological polar surface area (TPSA) is 316 Å². The number of rotatable bonds is 14. The predicted octanol–water partition coefficient (Wildman–Crippen LogP) is -0.383. The molecule has 0 fully saturated rings. The number of hydrogen-bond acceptors (Lipinski definition) is 19. The van der Waals surface area contributed by atoms with Crippen molar-refractivity contribution in [2.45, 2.75) is 28.5 Å². The van der Waals surface area contributed by atoms with E-state index in [1.54, 1.807) is 6.92 Å². The maximum Gasteiger partial charge on any atom is 1.00 e. The number of anilines is 3. The van der Waals surface area contributed by atoms with Crippen LogP contribution >= 0.6 is 0 Å². The van der Waals surface area contributed by atoms with E-state index >= 15 is 0 Å². The van der Waals surface area contributed by atoms with Crippen molar-refractivity contribution in [1.29, 1.82) is 0 Å². The minimum atomic E-state index is -5.23. The number of amides is 1. The molecular weight excluding hydrogens is 877 g/mol. The average molecular weight is 907 g/mol. The summed E-state index contributed by atoms with van der Waals surface area (Å²) in [6.45, 7) is 3.18. The van der Waals surface area contributed by atoms with Gasteiger partial charge in [0.05, 0.1) is 44.0 Å². The van der Waals surface area contributed by atoms with Crippen molar-refractivity contribution >= 4 is 98.2 Å². The Morgan fingerprint density at radius 2 is 1.19 bits per heavy atom. The molecule has 64 heavy (non-hydrogen) atoms. The predicted molar refractivity (Wildman–Crippen MR) is 217 cm³/mol. The third-order valence-electron chi connectivity index (χ3n) is 8.19. The quantitative estimate of drug-likeness (QED) is 0.0714. The van der Waals surface area contributed by atoms with E-state index in [9.17, 15) is 48.8 Å². The second-order valence-corrected chi connectivity index (χ2v) is 16.7. The van der Waals surface area contributed by atoms with Gasteiger partial charge in [-0.1, -0.05) is 18.2 Å². The molecule has 0 aliphatic carbocycles. The van der Waals surface area contributed by atoms with Gasteiger partial charge < -0.3 is 34.1 Å². The number of carbonyl (C=O) groups excluding carboxylic acids is 1. The molecule has 1 amide bonds. The normalized spacial score (nSPS) is 11.8. The van der Waals surface area contributed by atoms with Gasteiger partial charge in [0, 0.05) is 29.8 Å². The monoisotopic (exact) mass is 906 g/mol. The Balaban J connectivity index is 0.00000363. The second-order valence-electron chi connectivity index (χ2n) is 12.6. The smallest absolute Gasteiger partial charge is 0.744 e. The molecule has 6 aromatic rings. The van der Waals surface area contributed by atoms with Crippen LogP contribution in [0.4, 0.5) is 51.2 Å². The number of carbonyl (C=O) groups is 1. The first-order valence-corrected chi connectivity index (χ1v) is 21.6. The van der Waals surface area contributed by atoms with Crippen LogP contribution in [0.25, 0.3) is 10.8 Å². The standard InChI is InChI=1S/C38H32N8O12S3.3Li/c1-3-58-35-21-28(42-41-26-7-5-9-30(18-26)60(52,53)54)13-15-33(35)45-44-32-14-12-27(20-34(32)39-22(2)47)43-46-37-36(61(55,56)57)16-23-10-11-25(19-31(23)38(37)48)40-24-6-4-8-29(17-24)59(49,50)51;;;/h4-21,40,48H,3H2,1-2H3,(H,39,47)(H,49,50,51)(H,52,53,54)(H,55,56,57);;;/q;3*+1/p-3. The van der Waals surface area contributed by atoms with Crippen molar-refractivity contribution in [3.05, 3.63) is 109 Å². The van der Waals surface area contributed by atoms with E-state index in [-0.39, 0.29) is 125 Å². The van der Waals surface area contributed by atoms with E-state index in [1.165, 1.54) is 85.8 Å². The molecule has 0 saturated carbocycles. The van der Waals surface area contributed by atoms with Crippen molar-refractivity contribution < 1.29 is 110 Å². The summed E-state index contributed by atoms with van der Waals surface area (Å²) in [5, 5.41) is 41.4. The first kappa shape index (κ1) is 53.1. The van der Waals surface area contributed by atoms with Gasteiger partial charge >= 0.3 is 56.6 Å². The number of aromatic hydroxyl groups is 1. The molecule has 6 aromatic carbocycles. The summed E-state index contributed by atoms with van der Waals surface area (Å²) in [4.78, 5) is 10.3. The summed E-state index contributed by atoms with van der Waals surface area (Å²) in [6.07, 6.45) is 0. The van der Waals surface area contributed by atoms with Crippen molar-refractivity contribution in [2.75, 3.05) is 17.2 Å². The molecule has 0 saturated heterocycles. The number of benzene rings is 6. The zero-order valence-electron chi connectivity index (χ0n) is 34.4. The number of azo groups is 3. The zero-order chi connectivity index (χ0) is 44.1. The first-order chi connectivity index (χ1) is 28.8. The van der Waals surface area contributed by atoms with Crippen LogP contribution in [0.5, 0.6) is 11.5 Å². The van der Waals surface area contributed by atoms with Crippen LogP contribution in [0.3, 0.4) is 0 Å². The fraction of sp³-hybridized carbons (Fsp3) is 0.0789. The Morgan fingerprint density at radius 1 is 0.625 bits per heavy atom. The molecule has 0 bridgehead atoms. The molecule has 0 radical (unpaired) electrons. The Morgan fingerprint density at radius 3 is 1.81 bits per heavy atom. The Bertz CT molecular complexity index is 3160. The molecule has 26 heteroatoms. The fourth-order valence-electron chi connectivity index (χ4n) is 5.52. The molecule has 20 nitrogen and oxygen atoms in total. The molecule has 0 unspecified atom stereocenters. The summed E-state index contributed by atoms with van der Waals surface area (Å²) >= 11 is 0. The van der Waals surface area contributed by atoms with Crippen LogP contribution in [0.15, 0.2) is 155 Å². The largest absolute Gasteiger partial charge is 1.00 e. The minimum absolute atomic E-state index is 0. The van der Waals surface area contributed by atoms with E-state index in [4.69, 9.17) is 4.74 Å². The summed E-state index contributed by atoms with van der Waals surface area (Å²) < 4.78 is 111. The number of phenols is 1. The van der Waals surface area contributed by atoms with Gasteiger partial charge in [-0.05, 0) is 97.2 Å². The number of fused-ring (bicyclic) bond motifs is 1.